The molecule has 3 atom stereocenters. The van der Waals surface area contributed by atoms with Crippen LogP contribution in [0.2, 0.25) is 16.6 Å². The number of epoxide rings is 1. The minimum Gasteiger partial charge on any atom is -0.444 e. The van der Waals surface area contributed by atoms with E-state index < -0.39 is 13.9 Å². The molecule has 5 nitrogen and oxygen atoms in total. The number of nitrogens with zero attached hydrogens (tertiary/aromatic N) is 1. The van der Waals surface area contributed by atoms with Gasteiger partial charge in [-0.25, -0.2) is 4.79 Å². The summed E-state index contributed by atoms with van der Waals surface area (Å²) in [6.07, 6.45) is 0.154. The molecule has 1 amide bonds. The van der Waals surface area contributed by atoms with Gasteiger partial charge in [-0.15, -0.1) is 0 Å². The quantitative estimate of drug-likeness (QED) is 0.486. The SMILES string of the molecule is CC(C)[Si](OC[C@H]1CN(C(=O)OC(C)(C)C)C[C@H]2O[C@@H]12)(C(C)C)C(C)C. The fraction of sp³-hybridized carbons (Fsp3) is 0.950. The summed E-state index contributed by atoms with van der Waals surface area (Å²) in [6.45, 7) is 21.5. The minimum absolute atomic E-state index is 0.151. The van der Waals surface area contributed by atoms with Gasteiger partial charge in [0.05, 0.1) is 12.6 Å². The van der Waals surface area contributed by atoms with Crippen LogP contribution in [-0.2, 0) is 13.9 Å². The van der Waals surface area contributed by atoms with Crippen molar-refractivity contribution in [2.24, 2.45) is 5.92 Å². The number of ether oxygens (including phenoxy) is 2. The highest BCUT2D eigenvalue weighted by Crippen LogP contribution is 2.44. The van der Waals surface area contributed by atoms with Gasteiger partial charge in [0, 0.05) is 19.1 Å². The van der Waals surface area contributed by atoms with Crippen molar-refractivity contribution in [1.29, 1.82) is 0 Å². The first-order valence-electron chi connectivity index (χ1n) is 10.2. The normalized spacial score (nSPS) is 26.5. The topological polar surface area (TPSA) is 51.3 Å². The Morgan fingerprint density at radius 3 is 2.08 bits per heavy atom. The van der Waals surface area contributed by atoms with E-state index >= 15 is 0 Å². The number of rotatable bonds is 6. The van der Waals surface area contributed by atoms with E-state index in [0.717, 1.165) is 0 Å². The molecule has 2 aliphatic heterocycles. The van der Waals surface area contributed by atoms with Gasteiger partial charge in [-0.3, -0.25) is 0 Å². The maximum absolute atomic E-state index is 12.5. The average Bonchev–Trinajstić information content (AvgIpc) is 3.24. The van der Waals surface area contributed by atoms with Crippen molar-refractivity contribution in [3.63, 3.8) is 0 Å². The summed E-state index contributed by atoms with van der Waals surface area (Å²) in [7, 11) is -1.90. The Morgan fingerprint density at radius 1 is 1.08 bits per heavy atom. The lowest BCUT2D eigenvalue weighted by Crippen LogP contribution is -2.51. The lowest BCUT2D eigenvalue weighted by atomic mass is 9.99. The molecule has 0 aromatic heterocycles. The zero-order chi connectivity index (χ0) is 19.9. The van der Waals surface area contributed by atoms with Crippen molar-refractivity contribution in [2.75, 3.05) is 19.7 Å². The fourth-order valence-electron chi connectivity index (χ4n) is 4.77. The van der Waals surface area contributed by atoms with Crippen LogP contribution in [0.3, 0.4) is 0 Å². The average molecular weight is 386 g/mol. The summed E-state index contributed by atoms with van der Waals surface area (Å²) < 4.78 is 18.1. The van der Waals surface area contributed by atoms with Gasteiger partial charge in [-0.2, -0.15) is 0 Å². The maximum Gasteiger partial charge on any atom is 0.410 e. The molecule has 0 aliphatic carbocycles. The summed E-state index contributed by atoms with van der Waals surface area (Å²) in [6, 6.07) is 0. The first-order valence-corrected chi connectivity index (χ1v) is 12.3. The Hall–Kier alpha value is -0.593. The molecule has 0 bridgehead atoms. The summed E-state index contributed by atoms with van der Waals surface area (Å²) in [5, 5.41) is 0. The van der Waals surface area contributed by atoms with Crippen LogP contribution in [0.25, 0.3) is 0 Å². The van der Waals surface area contributed by atoms with Gasteiger partial charge in [0.2, 0.25) is 0 Å². The highest BCUT2D eigenvalue weighted by atomic mass is 28.4. The Labute approximate surface area is 160 Å². The van der Waals surface area contributed by atoms with Gasteiger partial charge in [-0.1, -0.05) is 41.5 Å². The Kier molecular flexibility index (Phi) is 6.51. The number of hydrogen-bond acceptors (Lipinski definition) is 4. The van der Waals surface area contributed by atoms with E-state index in [0.29, 0.717) is 36.3 Å². The van der Waals surface area contributed by atoms with Crippen LogP contribution in [-0.4, -0.2) is 56.8 Å². The van der Waals surface area contributed by atoms with Gasteiger partial charge in [0.1, 0.15) is 11.7 Å². The molecular formula is C20H39NO4Si. The van der Waals surface area contributed by atoms with E-state index in [4.69, 9.17) is 13.9 Å². The predicted molar refractivity (Wildman–Crippen MR) is 107 cm³/mol. The smallest absolute Gasteiger partial charge is 0.410 e. The van der Waals surface area contributed by atoms with Gasteiger partial charge < -0.3 is 18.8 Å². The number of amides is 1. The predicted octanol–water partition coefficient (Wildman–Crippen LogP) is 4.81. The van der Waals surface area contributed by atoms with Crippen LogP contribution in [0.15, 0.2) is 0 Å². The number of hydrogen-bond donors (Lipinski definition) is 0. The van der Waals surface area contributed by atoms with E-state index in [1.54, 1.807) is 4.90 Å². The number of likely N-dealkylation sites (tertiary alicyclic amines) is 1. The van der Waals surface area contributed by atoms with E-state index in [-0.39, 0.29) is 24.2 Å². The van der Waals surface area contributed by atoms with E-state index in [1.165, 1.54) is 0 Å². The van der Waals surface area contributed by atoms with Crippen LogP contribution < -0.4 is 0 Å². The molecule has 152 valence electrons. The molecule has 2 rings (SSSR count). The molecule has 0 radical (unpaired) electrons. The van der Waals surface area contributed by atoms with Crippen molar-refractivity contribution in [3.8, 4) is 0 Å². The summed E-state index contributed by atoms with van der Waals surface area (Å²) in [4.78, 5) is 14.3. The van der Waals surface area contributed by atoms with Crippen LogP contribution in [0.4, 0.5) is 4.79 Å². The number of carbonyl (C=O) groups excluding carboxylic acids is 1. The highest BCUT2D eigenvalue weighted by molar-refractivity contribution is 6.77. The maximum atomic E-state index is 12.5. The second-order valence-corrected chi connectivity index (χ2v) is 15.4. The molecule has 2 heterocycles. The second kappa shape index (κ2) is 7.80. The van der Waals surface area contributed by atoms with Gasteiger partial charge >= 0.3 is 6.09 Å². The number of carbonyl (C=O) groups is 1. The molecule has 0 N–H and O–H groups in total. The molecule has 26 heavy (non-hydrogen) atoms. The summed E-state index contributed by atoms with van der Waals surface area (Å²) in [5.41, 5.74) is 1.20. The zero-order valence-corrected chi connectivity index (χ0v) is 19.2. The third-order valence-corrected chi connectivity index (χ3v) is 11.9. The van der Waals surface area contributed by atoms with Crippen molar-refractivity contribution < 1.29 is 18.7 Å². The molecule has 2 fully saturated rings. The zero-order valence-electron chi connectivity index (χ0n) is 18.2. The van der Waals surface area contributed by atoms with Crippen LogP contribution in [0, 0.1) is 5.92 Å². The monoisotopic (exact) mass is 385 g/mol. The van der Waals surface area contributed by atoms with Crippen molar-refractivity contribution in [3.05, 3.63) is 0 Å². The van der Waals surface area contributed by atoms with Gasteiger partial charge in [-0.05, 0) is 37.4 Å². The third kappa shape index (κ3) is 4.63. The van der Waals surface area contributed by atoms with Gasteiger partial charge in [0.15, 0.2) is 8.32 Å². The molecule has 6 heteroatoms. The van der Waals surface area contributed by atoms with Crippen LogP contribution in [0.1, 0.15) is 62.3 Å². The van der Waals surface area contributed by atoms with E-state index in [2.05, 4.69) is 41.5 Å². The second-order valence-electron chi connectivity index (χ2n) is 9.91. The van der Waals surface area contributed by atoms with E-state index in [9.17, 15) is 4.79 Å². The van der Waals surface area contributed by atoms with Crippen LogP contribution in [0.5, 0.6) is 0 Å². The number of fused-ring (bicyclic) bond motifs is 1. The molecular weight excluding hydrogens is 346 g/mol. The van der Waals surface area contributed by atoms with Crippen molar-refractivity contribution in [2.45, 2.75) is 96.7 Å². The Balaban J connectivity index is 2.03. The van der Waals surface area contributed by atoms with E-state index in [1.807, 2.05) is 20.8 Å². The lowest BCUT2D eigenvalue weighted by Gasteiger charge is -2.43. The molecule has 0 unspecified atom stereocenters. The Bertz CT molecular complexity index is 479. The van der Waals surface area contributed by atoms with Crippen LogP contribution >= 0.6 is 0 Å². The molecule has 2 aliphatic rings. The summed E-state index contributed by atoms with van der Waals surface area (Å²) in [5.74, 6) is 0.240. The molecule has 0 aromatic rings. The minimum atomic E-state index is -1.90. The van der Waals surface area contributed by atoms with Crippen molar-refractivity contribution >= 4 is 14.4 Å². The molecule has 2 saturated heterocycles. The summed E-state index contributed by atoms with van der Waals surface area (Å²) >= 11 is 0. The molecule has 0 aromatic carbocycles. The molecule has 0 spiro atoms. The lowest BCUT2D eigenvalue weighted by molar-refractivity contribution is 0.0168. The van der Waals surface area contributed by atoms with Gasteiger partial charge in [0.25, 0.3) is 0 Å². The first kappa shape index (κ1) is 21.7. The largest absolute Gasteiger partial charge is 0.444 e. The van der Waals surface area contributed by atoms with Crippen molar-refractivity contribution in [1.82, 2.24) is 4.90 Å². The fourth-order valence-corrected chi connectivity index (χ4v) is 10.3. The third-order valence-electron chi connectivity index (χ3n) is 5.85. The Morgan fingerprint density at radius 2 is 1.62 bits per heavy atom. The molecule has 0 saturated carbocycles. The standard InChI is InChI=1S/C20H39NO4Si/c1-13(2)26(14(3)4,15(5)6)23-12-16-10-21(11-17-18(16)24-17)19(22)25-20(7,8)9/h13-18H,10-12H2,1-9H3/t16-,17-,18+/m1/s1. The highest BCUT2D eigenvalue weighted by Gasteiger charge is 2.53. The number of piperidine rings is 1. The first-order chi connectivity index (χ1) is 11.9.